The van der Waals surface area contributed by atoms with Crippen LogP contribution in [0.5, 0.6) is 11.5 Å². The van der Waals surface area contributed by atoms with Crippen LogP contribution < -0.4 is 10.1 Å². The number of halogens is 3. The average Bonchev–Trinajstić information content (AvgIpc) is 2.67. The van der Waals surface area contributed by atoms with Crippen LogP contribution in [0.15, 0.2) is 48.5 Å². The van der Waals surface area contributed by atoms with Crippen LogP contribution in [-0.2, 0) is 9.59 Å². The van der Waals surface area contributed by atoms with Gasteiger partial charge in [0.2, 0.25) is 0 Å². The van der Waals surface area contributed by atoms with Crippen molar-refractivity contribution in [3.63, 3.8) is 0 Å². The Morgan fingerprint density at radius 2 is 1.61 bits per heavy atom. The Balaban J connectivity index is 1.91. The van der Waals surface area contributed by atoms with Gasteiger partial charge in [-0.2, -0.15) is 18.4 Å². The number of nitrogens with zero attached hydrogens (tertiary/aromatic N) is 2. The Morgan fingerprint density at radius 1 is 1.07 bits per heavy atom. The average molecular weight is 391 g/mol. The number of ether oxygens (including phenoxy) is 1. The van der Waals surface area contributed by atoms with E-state index in [1.165, 1.54) is 12.1 Å². The van der Waals surface area contributed by atoms with E-state index in [1.807, 2.05) is 6.07 Å². The van der Waals surface area contributed by atoms with Gasteiger partial charge in [0.15, 0.2) is 0 Å². The Morgan fingerprint density at radius 3 is 2.11 bits per heavy atom. The summed E-state index contributed by atoms with van der Waals surface area (Å²) >= 11 is 0. The Kier molecular flexibility index (Phi) is 6.60. The summed E-state index contributed by atoms with van der Waals surface area (Å²) in [7, 11) is 1.13. The zero-order valence-corrected chi connectivity index (χ0v) is 14.8. The van der Waals surface area contributed by atoms with Gasteiger partial charge in [0.05, 0.1) is 18.1 Å². The molecule has 2 aromatic rings. The number of hydrogen-bond acceptors (Lipinski definition) is 4. The summed E-state index contributed by atoms with van der Waals surface area (Å²) in [5, 5.41) is 11.1. The van der Waals surface area contributed by atoms with Gasteiger partial charge in [-0.1, -0.05) is 0 Å². The molecule has 0 aliphatic carbocycles. The SMILES string of the molecule is CN(CCC(F)(F)F)C(=O)C(=O)Nc1ccc(Oc2ccc(C#N)cc2)cc1. The quantitative estimate of drug-likeness (QED) is 0.788. The van der Waals surface area contributed by atoms with Crippen molar-refractivity contribution in [3.05, 3.63) is 54.1 Å². The molecule has 0 radical (unpaired) electrons. The molecule has 0 aliphatic heterocycles. The molecule has 0 fully saturated rings. The van der Waals surface area contributed by atoms with Crippen LogP contribution in [0.1, 0.15) is 12.0 Å². The molecule has 0 unspecified atom stereocenters. The number of anilines is 1. The molecule has 0 bridgehead atoms. The molecule has 2 amide bonds. The molecule has 6 nitrogen and oxygen atoms in total. The third-order valence-electron chi connectivity index (χ3n) is 3.60. The highest BCUT2D eigenvalue weighted by Gasteiger charge is 2.29. The van der Waals surface area contributed by atoms with Gasteiger partial charge in [-0.05, 0) is 48.5 Å². The molecule has 0 atom stereocenters. The third-order valence-corrected chi connectivity index (χ3v) is 3.60. The Hall–Kier alpha value is -3.54. The third kappa shape index (κ3) is 6.32. The second-order valence-corrected chi connectivity index (χ2v) is 5.81. The smallest absolute Gasteiger partial charge is 0.390 e. The summed E-state index contributed by atoms with van der Waals surface area (Å²) in [6.07, 6.45) is -5.60. The number of carbonyl (C=O) groups excluding carboxylic acids is 2. The first-order valence-corrected chi connectivity index (χ1v) is 8.09. The van der Waals surface area contributed by atoms with Gasteiger partial charge in [-0.25, -0.2) is 0 Å². The first kappa shape index (κ1) is 20.8. The molecule has 0 aromatic heterocycles. The maximum Gasteiger partial charge on any atom is 0.390 e. The number of likely N-dealkylation sites (N-methyl/N-ethyl adjacent to an activating group) is 1. The van der Waals surface area contributed by atoms with Crippen molar-refractivity contribution in [1.82, 2.24) is 4.90 Å². The number of carbonyl (C=O) groups is 2. The summed E-state index contributed by atoms with van der Waals surface area (Å²) in [6, 6.07) is 14.5. The van der Waals surface area contributed by atoms with Crippen molar-refractivity contribution in [1.29, 1.82) is 5.26 Å². The first-order chi connectivity index (χ1) is 13.2. The molecule has 2 aromatic carbocycles. The molecule has 28 heavy (non-hydrogen) atoms. The highest BCUT2D eigenvalue weighted by Crippen LogP contribution is 2.23. The Labute approximate surface area is 159 Å². The van der Waals surface area contributed by atoms with Crippen molar-refractivity contribution in [2.24, 2.45) is 0 Å². The van der Waals surface area contributed by atoms with Crippen molar-refractivity contribution in [3.8, 4) is 17.6 Å². The van der Waals surface area contributed by atoms with Crippen molar-refractivity contribution >= 4 is 17.5 Å². The van der Waals surface area contributed by atoms with Gasteiger partial charge in [-0.3, -0.25) is 9.59 Å². The lowest BCUT2D eigenvalue weighted by atomic mass is 10.2. The van der Waals surface area contributed by atoms with Crippen molar-refractivity contribution in [2.45, 2.75) is 12.6 Å². The van der Waals surface area contributed by atoms with Gasteiger partial charge < -0.3 is 15.0 Å². The van der Waals surface area contributed by atoms with Crippen molar-refractivity contribution < 1.29 is 27.5 Å². The monoisotopic (exact) mass is 391 g/mol. The van der Waals surface area contributed by atoms with Gasteiger partial charge in [0.1, 0.15) is 11.5 Å². The molecular weight excluding hydrogens is 375 g/mol. The number of nitrogens with one attached hydrogen (secondary N) is 1. The fourth-order valence-electron chi connectivity index (χ4n) is 2.09. The minimum atomic E-state index is -4.41. The molecule has 0 saturated heterocycles. The lowest BCUT2D eigenvalue weighted by Crippen LogP contribution is -2.38. The lowest BCUT2D eigenvalue weighted by molar-refractivity contribution is -0.149. The second-order valence-electron chi connectivity index (χ2n) is 5.81. The van der Waals surface area contributed by atoms with E-state index in [0.717, 1.165) is 7.05 Å². The van der Waals surface area contributed by atoms with E-state index in [9.17, 15) is 22.8 Å². The molecule has 2 rings (SSSR count). The van der Waals surface area contributed by atoms with Crippen molar-refractivity contribution in [2.75, 3.05) is 18.9 Å². The highest BCUT2D eigenvalue weighted by atomic mass is 19.4. The maximum absolute atomic E-state index is 12.2. The zero-order valence-electron chi connectivity index (χ0n) is 14.8. The number of rotatable bonds is 5. The lowest BCUT2D eigenvalue weighted by Gasteiger charge is -2.17. The maximum atomic E-state index is 12.2. The standard InChI is InChI=1S/C19H16F3N3O3/c1-25(11-10-19(20,21)22)18(27)17(26)24-14-4-8-16(9-5-14)28-15-6-2-13(12-23)3-7-15/h2-9H,10-11H2,1H3,(H,24,26). The summed E-state index contributed by atoms with van der Waals surface area (Å²) in [5.41, 5.74) is 0.782. The fourth-order valence-corrected chi connectivity index (χ4v) is 2.09. The molecule has 0 saturated carbocycles. The highest BCUT2D eigenvalue weighted by molar-refractivity contribution is 6.39. The molecule has 146 valence electrons. The van der Waals surface area contributed by atoms with E-state index in [1.54, 1.807) is 36.4 Å². The molecule has 0 heterocycles. The minimum Gasteiger partial charge on any atom is -0.457 e. The number of amides is 2. The molecule has 1 N–H and O–H groups in total. The summed E-state index contributed by atoms with van der Waals surface area (Å²) in [4.78, 5) is 24.4. The van der Waals surface area contributed by atoms with E-state index >= 15 is 0 Å². The minimum absolute atomic E-state index is 0.287. The van der Waals surface area contributed by atoms with E-state index in [4.69, 9.17) is 10.00 Å². The second kappa shape index (κ2) is 8.90. The number of nitriles is 1. The predicted octanol–water partition coefficient (Wildman–Crippen LogP) is 3.70. The van der Waals surface area contributed by atoms with Gasteiger partial charge in [0, 0.05) is 19.3 Å². The molecular formula is C19H16F3N3O3. The van der Waals surface area contributed by atoms with Gasteiger partial charge in [0.25, 0.3) is 0 Å². The van der Waals surface area contributed by atoms with Crippen LogP contribution in [0.2, 0.25) is 0 Å². The number of hydrogen-bond donors (Lipinski definition) is 1. The van der Waals surface area contributed by atoms with E-state index < -0.39 is 31.0 Å². The topological polar surface area (TPSA) is 82.4 Å². The van der Waals surface area contributed by atoms with Crippen LogP contribution >= 0.6 is 0 Å². The number of benzene rings is 2. The van der Waals surface area contributed by atoms with Gasteiger partial charge >= 0.3 is 18.0 Å². The van der Waals surface area contributed by atoms with E-state index in [-0.39, 0.29) is 5.69 Å². The van der Waals surface area contributed by atoms with E-state index in [0.29, 0.717) is 22.0 Å². The summed E-state index contributed by atoms with van der Waals surface area (Å²) in [5.74, 6) is -1.14. The van der Waals surface area contributed by atoms with Crippen LogP contribution in [0.4, 0.5) is 18.9 Å². The number of alkyl halides is 3. The molecule has 0 aliphatic rings. The zero-order chi connectivity index (χ0) is 20.7. The summed E-state index contributed by atoms with van der Waals surface area (Å²) in [6.45, 7) is -0.604. The fraction of sp³-hybridized carbons (Fsp3) is 0.211. The van der Waals surface area contributed by atoms with Crippen LogP contribution in [0.25, 0.3) is 0 Å². The largest absolute Gasteiger partial charge is 0.457 e. The normalized spacial score (nSPS) is 10.7. The van der Waals surface area contributed by atoms with E-state index in [2.05, 4.69) is 5.32 Å². The predicted molar refractivity (Wildman–Crippen MR) is 94.6 cm³/mol. The summed E-state index contributed by atoms with van der Waals surface area (Å²) < 4.78 is 42.2. The molecule has 9 heteroatoms. The Bertz CT molecular complexity index is 873. The first-order valence-electron chi connectivity index (χ1n) is 8.09. The van der Waals surface area contributed by atoms with Gasteiger partial charge in [-0.15, -0.1) is 0 Å². The van der Waals surface area contributed by atoms with Crippen LogP contribution in [0, 0.1) is 11.3 Å². The van der Waals surface area contributed by atoms with Crippen LogP contribution in [-0.4, -0.2) is 36.5 Å². The van der Waals surface area contributed by atoms with Crippen LogP contribution in [0.3, 0.4) is 0 Å². The molecule has 0 spiro atoms.